The summed E-state index contributed by atoms with van der Waals surface area (Å²) in [7, 11) is 0. The monoisotopic (exact) mass is 316 g/mol. The quantitative estimate of drug-likeness (QED) is 0.735. The van der Waals surface area contributed by atoms with Crippen LogP contribution in [-0.2, 0) is 12.6 Å². The van der Waals surface area contributed by atoms with Crippen molar-refractivity contribution in [3.05, 3.63) is 59.8 Å². The molecule has 1 N–H and O–H groups in total. The molecular weight excluding hydrogens is 305 g/mol. The Labute approximate surface area is 129 Å². The standard InChI is InChI=1S/C17H11F3N2O/c18-17(19,20)12-2-1-3-14(10-12)23-15-4-5-16-11(9-15)8-13(22-16)6-7-21/h1-5,8-10,22H,6H2. The van der Waals surface area contributed by atoms with Crippen LogP contribution in [-0.4, -0.2) is 4.98 Å². The lowest BCUT2D eigenvalue weighted by Crippen LogP contribution is -2.04. The molecule has 23 heavy (non-hydrogen) atoms. The van der Waals surface area contributed by atoms with Crippen LogP contribution in [0.4, 0.5) is 13.2 Å². The molecule has 0 fully saturated rings. The van der Waals surface area contributed by atoms with Crippen molar-refractivity contribution in [1.82, 2.24) is 4.98 Å². The third-order valence-corrected chi connectivity index (χ3v) is 3.31. The average Bonchev–Trinajstić information content (AvgIpc) is 2.89. The maximum atomic E-state index is 12.7. The molecule has 0 saturated carbocycles. The van der Waals surface area contributed by atoms with Crippen molar-refractivity contribution >= 4 is 10.9 Å². The Bertz CT molecular complexity index is 891. The fraction of sp³-hybridized carbons (Fsp3) is 0.118. The molecule has 0 saturated heterocycles. The highest BCUT2D eigenvalue weighted by Gasteiger charge is 2.30. The van der Waals surface area contributed by atoms with E-state index in [1.165, 1.54) is 12.1 Å². The number of ether oxygens (including phenoxy) is 1. The van der Waals surface area contributed by atoms with Crippen LogP contribution < -0.4 is 4.74 Å². The molecule has 3 rings (SSSR count). The fourth-order valence-electron chi connectivity index (χ4n) is 2.29. The lowest BCUT2D eigenvalue weighted by molar-refractivity contribution is -0.137. The van der Waals surface area contributed by atoms with E-state index in [0.717, 1.165) is 28.7 Å². The van der Waals surface area contributed by atoms with Gasteiger partial charge < -0.3 is 9.72 Å². The lowest BCUT2D eigenvalue weighted by atomic mass is 10.2. The number of halogens is 3. The summed E-state index contributed by atoms with van der Waals surface area (Å²) in [4.78, 5) is 3.09. The molecule has 0 aliphatic rings. The van der Waals surface area contributed by atoms with Crippen LogP contribution in [0.15, 0.2) is 48.5 Å². The van der Waals surface area contributed by atoms with Crippen LogP contribution >= 0.6 is 0 Å². The molecule has 0 aliphatic heterocycles. The number of nitrogens with one attached hydrogen (secondary N) is 1. The van der Waals surface area contributed by atoms with Crippen LogP contribution in [0.25, 0.3) is 10.9 Å². The summed E-state index contributed by atoms with van der Waals surface area (Å²) >= 11 is 0. The lowest BCUT2D eigenvalue weighted by Gasteiger charge is -2.10. The van der Waals surface area contributed by atoms with Gasteiger partial charge in [-0.25, -0.2) is 0 Å². The number of aromatic amines is 1. The number of rotatable bonds is 3. The first kappa shape index (κ1) is 15.0. The first-order valence-electron chi connectivity index (χ1n) is 6.79. The van der Waals surface area contributed by atoms with Gasteiger partial charge in [0.2, 0.25) is 0 Å². The Hall–Kier alpha value is -2.94. The maximum absolute atomic E-state index is 12.7. The maximum Gasteiger partial charge on any atom is 0.416 e. The Morgan fingerprint density at radius 2 is 1.83 bits per heavy atom. The Balaban J connectivity index is 1.88. The molecule has 0 atom stereocenters. The van der Waals surface area contributed by atoms with Crippen LogP contribution in [0.3, 0.4) is 0 Å². The van der Waals surface area contributed by atoms with Crippen molar-refractivity contribution in [3.63, 3.8) is 0 Å². The van der Waals surface area contributed by atoms with Gasteiger partial charge in [-0.3, -0.25) is 0 Å². The van der Waals surface area contributed by atoms with Crippen molar-refractivity contribution < 1.29 is 17.9 Å². The second-order valence-electron chi connectivity index (χ2n) is 5.01. The summed E-state index contributed by atoms with van der Waals surface area (Å²) in [5, 5.41) is 9.53. The summed E-state index contributed by atoms with van der Waals surface area (Å²) in [6.07, 6.45) is -4.14. The summed E-state index contributed by atoms with van der Waals surface area (Å²) in [5.74, 6) is 0.547. The van der Waals surface area contributed by atoms with Crippen molar-refractivity contribution in [2.45, 2.75) is 12.6 Å². The largest absolute Gasteiger partial charge is 0.457 e. The zero-order valence-electron chi connectivity index (χ0n) is 11.8. The molecule has 0 amide bonds. The highest BCUT2D eigenvalue weighted by Crippen LogP contribution is 2.33. The zero-order chi connectivity index (χ0) is 16.4. The molecule has 0 bridgehead atoms. The van der Waals surface area contributed by atoms with Gasteiger partial charge >= 0.3 is 6.18 Å². The fourth-order valence-corrected chi connectivity index (χ4v) is 2.29. The number of hydrogen-bond acceptors (Lipinski definition) is 2. The second-order valence-corrected chi connectivity index (χ2v) is 5.01. The number of nitrogens with zero attached hydrogens (tertiary/aromatic N) is 1. The molecule has 0 unspecified atom stereocenters. The Morgan fingerprint density at radius 1 is 1.04 bits per heavy atom. The van der Waals surface area contributed by atoms with Gasteiger partial charge in [0.25, 0.3) is 0 Å². The highest BCUT2D eigenvalue weighted by molar-refractivity contribution is 5.82. The van der Waals surface area contributed by atoms with Crippen molar-refractivity contribution in [1.29, 1.82) is 5.26 Å². The molecule has 1 heterocycles. The summed E-state index contributed by atoms with van der Waals surface area (Å²) < 4.78 is 43.6. The van der Waals surface area contributed by atoms with Gasteiger partial charge in [0, 0.05) is 16.6 Å². The van der Waals surface area contributed by atoms with Gasteiger partial charge in [-0.15, -0.1) is 0 Å². The van der Waals surface area contributed by atoms with E-state index in [1.807, 2.05) is 6.07 Å². The van der Waals surface area contributed by atoms with Gasteiger partial charge in [0.15, 0.2) is 0 Å². The molecule has 0 radical (unpaired) electrons. The smallest absolute Gasteiger partial charge is 0.416 e. The number of aromatic nitrogens is 1. The van der Waals surface area contributed by atoms with Crippen LogP contribution in [0.1, 0.15) is 11.3 Å². The van der Waals surface area contributed by atoms with Crippen LogP contribution in [0, 0.1) is 11.3 Å². The SMILES string of the molecule is N#CCc1cc2cc(Oc3cccc(C(F)(F)F)c3)ccc2[nH]1. The minimum absolute atomic E-state index is 0.118. The van der Waals surface area contributed by atoms with Gasteiger partial charge in [0.1, 0.15) is 11.5 Å². The second kappa shape index (κ2) is 5.69. The van der Waals surface area contributed by atoms with Crippen LogP contribution in [0.2, 0.25) is 0 Å². The average molecular weight is 316 g/mol. The molecule has 0 aliphatic carbocycles. The summed E-state index contributed by atoms with van der Waals surface area (Å²) in [5.41, 5.74) is 0.861. The first-order valence-corrected chi connectivity index (χ1v) is 6.79. The minimum atomic E-state index is -4.41. The van der Waals surface area contributed by atoms with Crippen LogP contribution in [0.5, 0.6) is 11.5 Å². The predicted octanol–water partition coefficient (Wildman–Crippen LogP) is 5.05. The van der Waals surface area contributed by atoms with E-state index in [1.54, 1.807) is 18.2 Å². The predicted molar refractivity (Wildman–Crippen MR) is 79.1 cm³/mol. The molecule has 0 spiro atoms. The molecule has 1 aromatic heterocycles. The van der Waals surface area contributed by atoms with E-state index >= 15 is 0 Å². The molecular formula is C17H11F3N2O. The van der Waals surface area contributed by atoms with E-state index < -0.39 is 11.7 Å². The van der Waals surface area contributed by atoms with Gasteiger partial charge in [0.05, 0.1) is 18.1 Å². The Kier molecular flexibility index (Phi) is 3.70. The first-order chi connectivity index (χ1) is 11.0. The van der Waals surface area contributed by atoms with Crippen molar-refractivity contribution in [3.8, 4) is 17.6 Å². The van der Waals surface area contributed by atoms with Gasteiger partial charge in [-0.05, 0) is 42.5 Å². The Morgan fingerprint density at radius 3 is 2.57 bits per heavy atom. The molecule has 3 aromatic rings. The van der Waals surface area contributed by atoms with Crippen molar-refractivity contribution in [2.75, 3.05) is 0 Å². The summed E-state index contributed by atoms with van der Waals surface area (Å²) in [6, 6.07) is 13.7. The molecule has 3 nitrogen and oxygen atoms in total. The topological polar surface area (TPSA) is 48.8 Å². The third kappa shape index (κ3) is 3.29. The molecule has 6 heteroatoms. The normalized spacial score (nSPS) is 11.4. The number of fused-ring (bicyclic) bond motifs is 1. The highest BCUT2D eigenvalue weighted by atomic mass is 19.4. The number of H-pyrrole nitrogens is 1. The van der Waals surface area contributed by atoms with E-state index in [-0.39, 0.29) is 12.2 Å². The van der Waals surface area contributed by atoms with E-state index in [0.29, 0.717) is 5.75 Å². The van der Waals surface area contributed by atoms with Gasteiger partial charge in [-0.1, -0.05) is 6.07 Å². The van der Waals surface area contributed by atoms with E-state index in [4.69, 9.17) is 10.00 Å². The number of benzene rings is 2. The zero-order valence-corrected chi connectivity index (χ0v) is 11.8. The van der Waals surface area contributed by atoms with E-state index in [9.17, 15) is 13.2 Å². The van der Waals surface area contributed by atoms with Crippen molar-refractivity contribution in [2.24, 2.45) is 0 Å². The van der Waals surface area contributed by atoms with E-state index in [2.05, 4.69) is 11.1 Å². The summed E-state index contributed by atoms with van der Waals surface area (Å²) in [6.45, 7) is 0. The van der Waals surface area contributed by atoms with Gasteiger partial charge in [-0.2, -0.15) is 18.4 Å². The number of alkyl halides is 3. The molecule has 2 aromatic carbocycles. The molecule has 116 valence electrons. The number of hydrogen-bond donors (Lipinski definition) is 1. The minimum Gasteiger partial charge on any atom is -0.457 e. The number of nitriles is 1. The third-order valence-electron chi connectivity index (χ3n) is 3.31.